The van der Waals surface area contributed by atoms with Crippen molar-refractivity contribution in [1.29, 1.82) is 0 Å². The van der Waals surface area contributed by atoms with Crippen molar-refractivity contribution in [2.75, 3.05) is 43.5 Å². The third-order valence-electron chi connectivity index (χ3n) is 6.84. The van der Waals surface area contributed by atoms with Gasteiger partial charge in [0, 0.05) is 55.7 Å². The Morgan fingerprint density at radius 2 is 1.88 bits per heavy atom. The third-order valence-corrected chi connectivity index (χ3v) is 7.14. The zero-order valence-corrected chi connectivity index (χ0v) is 20.5. The summed E-state index contributed by atoms with van der Waals surface area (Å²) in [7, 11) is 0. The number of ether oxygens (including phenoxy) is 1. The van der Waals surface area contributed by atoms with E-state index in [1.807, 2.05) is 24.3 Å². The summed E-state index contributed by atoms with van der Waals surface area (Å²) in [4.78, 5) is 9.30. The van der Waals surface area contributed by atoms with Gasteiger partial charge in [-0.15, -0.1) is 0 Å². The molecule has 0 aromatic carbocycles. The molecule has 0 spiro atoms. The van der Waals surface area contributed by atoms with Crippen LogP contribution in [-0.2, 0) is 4.74 Å². The van der Waals surface area contributed by atoms with Crippen molar-refractivity contribution >= 4 is 23.2 Å². The largest absolute Gasteiger partial charge is 0.396 e. The molecule has 2 aromatic rings. The molecule has 1 saturated carbocycles. The van der Waals surface area contributed by atoms with Crippen LogP contribution in [0.2, 0.25) is 5.02 Å². The van der Waals surface area contributed by atoms with Gasteiger partial charge in [-0.05, 0) is 69.7 Å². The highest BCUT2D eigenvalue weighted by Crippen LogP contribution is 2.30. The van der Waals surface area contributed by atoms with Crippen LogP contribution in [0.4, 0.5) is 11.6 Å². The Balaban J connectivity index is 1.36. The number of hydrogen-bond acceptors (Lipinski definition) is 8. The van der Waals surface area contributed by atoms with Gasteiger partial charge < -0.3 is 31.5 Å². The van der Waals surface area contributed by atoms with Crippen molar-refractivity contribution in [3.8, 4) is 11.3 Å². The van der Waals surface area contributed by atoms with Crippen LogP contribution in [-0.4, -0.2) is 65.6 Å². The second-order valence-electron chi connectivity index (χ2n) is 9.51. The van der Waals surface area contributed by atoms with Crippen LogP contribution in [0.3, 0.4) is 0 Å². The van der Waals surface area contributed by atoms with E-state index >= 15 is 0 Å². The quantitative estimate of drug-likeness (QED) is 0.323. The first-order valence-electron chi connectivity index (χ1n) is 12.4. The van der Waals surface area contributed by atoms with Crippen LogP contribution in [0.15, 0.2) is 30.5 Å². The van der Waals surface area contributed by atoms with Gasteiger partial charge in [0.05, 0.1) is 10.7 Å². The van der Waals surface area contributed by atoms with Gasteiger partial charge in [0.15, 0.2) is 0 Å². The minimum atomic E-state index is -0.269. The smallest absolute Gasteiger partial charge is 0.126 e. The summed E-state index contributed by atoms with van der Waals surface area (Å²) in [5, 5.41) is 20.0. The van der Waals surface area contributed by atoms with Gasteiger partial charge in [0.25, 0.3) is 0 Å². The van der Waals surface area contributed by atoms with E-state index < -0.39 is 0 Å². The molecular formula is C25H37ClN6O2. The molecule has 1 aliphatic heterocycles. The van der Waals surface area contributed by atoms with Gasteiger partial charge in [0.2, 0.25) is 0 Å². The molecular weight excluding hydrogens is 452 g/mol. The Labute approximate surface area is 207 Å². The number of aliphatic hydroxyl groups excluding tert-OH is 1. The van der Waals surface area contributed by atoms with Gasteiger partial charge in [0.1, 0.15) is 11.6 Å². The van der Waals surface area contributed by atoms with E-state index in [9.17, 15) is 0 Å². The molecule has 1 saturated heterocycles. The van der Waals surface area contributed by atoms with Gasteiger partial charge in [-0.1, -0.05) is 17.7 Å². The molecule has 0 bridgehead atoms. The van der Waals surface area contributed by atoms with Crippen LogP contribution in [0.25, 0.3) is 11.3 Å². The first kappa shape index (κ1) is 25.1. The molecule has 0 unspecified atom stereocenters. The Hall–Kier alpha value is -1.97. The van der Waals surface area contributed by atoms with Gasteiger partial charge in [-0.3, -0.25) is 0 Å². The van der Waals surface area contributed by atoms with E-state index in [2.05, 4.69) is 20.9 Å². The van der Waals surface area contributed by atoms with E-state index in [1.165, 1.54) is 0 Å². The van der Waals surface area contributed by atoms with E-state index in [1.54, 1.807) is 6.20 Å². The van der Waals surface area contributed by atoms with E-state index in [0.717, 1.165) is 74.4 Å². The maximum Gasteiger partial charge on any atom is 0.126 e. The van der Waals surface area contributed by atoms with Crippen LogP contribution >= 0.6 is 11.6 Å². The molecule has 2 aliphatic rings. The number of aromatic nitrogens is 2. The number of hydrogen-bond donors (Lipinski definition) is 5. The van der Waals surface area contributed by atoms with Gasteiger partial charge in [-0.2, -0.15) is 0 Å². The lowest BCUT2D eigenvalue weighted by Crippen LogP contribution is -2.50. The second kappa shape index (κ2) is 12.1. The zero-order chi connectivity index (χ0) is 23.8. The Morgan fingerprint density at radius 1 is 1.12 bits per heavy atom. The summed E-state index contributed by atoms with van der Waals surface area (Å²) in [6.45, 7) is 3.18. The number of aliphatic hydroxyl groups is 1. The zero-order valence-electron chi connectivity index (χ0n) is 19.7. The van der Waals surface area contributed by atoms with Crippen LogP contribution < -0.4 is 21.7 Å². The fourth-order valence-electron chi connectivity index (χ4n) is 4.65. The Kier molecular flexibility index (Phi) is 8.97. The molecule has 0 atom stereocenters. The average Bonchev–Trinajstić information content (AvgIpc) is 2.86. The highest BCUT2D eigenvalue weighted by atomic mass is 35.5. The standard InChI is InChI=1S/C25H37ClN6O2/c26-21-16-29-24(31-19-7-5-18(6-8-19)28-11-2-12-33)15-20(21)22-3-1-4-23(32-22)30-17-25(27)9-13-34-14-10-25/h1,3-4,15-16,18-19,28,33H,2,5-14,17,27H2,(H,29,31)(H,30,32)/t18-,19-. The van der Waals surface area contributed by atoms with Gasteiger partial charge >= 0.3 is 0 Å². The molecule has 8 nitrogen and oxygen atoms in total. The number of anilines is 2. The fourth-order valence-corrected chi connectivity index (χ4v) is 4.85. The van der Waals surface area contributed by atoms with Crippen molar-refractivity contribution < 1.29 is 9.84 Å². The first-order valence-corrected chi connectivity index (χ1v) is 12.8. The minimum absolute atomic E-state index is 0.242. The molecule has 9 heteroatoms. The maximum absolute atomic E-state index is 8.95. The number of nitrogens with zero attached hydrogens (tertiary/aromatic N) is 2. The number of pyridine rings is 2. The SMILES string of the molecule is NC1(CNc2cccc(-c3cc(N[C@H]4CC[C@H](NCCCO)CC4)ncc3Cl)n2)CCOCC1. The molecule has 1 aliphatic carbocycles. The molecule has 2 aromatic heterocycles. The highest BCUT2D eigenvalue weighted by molar-refractivity contribution is 6.33. The number of rotatable bonds is 10. The van der Waals surface area contributed by atoms with E-state index in [-0.39, 0.29) is 12.1 Å². The van der Waals surface area contributed by atoms with Crippen molar-refractivity contribution in [2.45, 2.75) is 62.6 Å². The summed E-state index contributed by atoms with van der Waals surface area (Å²) in [6, 6.07) is 8.81. The molecule has 2 fully saturated rings. The summed E-state index contributed by atoms with van der Waals surface area (Å²) >= 11 is 6.52. The molecule has 4 rings (SSSR count). The van der Waals surface area contributed by atoms with Crippen LogP contribution in [0.5, 0.6) is 0 Å². The van der Waals surface area contributed by atoms with Crippen LogP contribution in [0.1, 0.15) is 44.9 Å². The number of nitrogens with one attached hydrogen (secondary N) is 3. The fraction of sp³-hybridized carbons (Fsp3) is 0.600. The lowest BCUT2D eigenvalue weighted by molar-refractivity contribution is 0.0574. The monoisotopic (exact) mass is 488 g/mol. The molecule has 3 heterocycles. The van der Waals surface area contributed by atoms with Crippen molar-refractivity contribution in [1.82, 2.24) is 15.3 Å². The highest BCUT2D eigenvalue weighted by Gasteiger charge is 2.28. The summed E-state index contributed by atoms with van der Waals surface area (Å²) < 4.78 is 5.44. The average molecular weight is 489 g/mol. The molecule has 0 amide bonds. The normalized spacial score (nSPS) is 22.3. The lowest BCUT2D eigenvalue weighted by Gasteiger charge is -2.33. The topological polar surface area (TPSA) is 117 Å². The summed E-state index contributed by atoms with van der Waals surface area (Å²) in [6.07, 6.45) is 8.58. The first-order chi connectivity index (χ1) is 16.5. The predicted octanol–water partition coefficient (Wildman–Crippen LogP) is 3.41. The number of nitrogens with two attached hydrogens (primary N) is 1. The second-order valence-corrected chi connectivity index (χ2v) is 9.92. The maximum atomic E-state index is 8.95. The van der Waals surface area contributed by atoms with Crippen LogP contribution in [0, 0.1) is 0 Å². The Morgan fingerprint density at radius 3 is 2.65 bits per heavy atom. The molecule has 0 radical (unpaired) electrons. The van der Waals surface area contributed by atoms with Gasteiger partial charge in [-0.25, -0.2) is 9.97 Å². The van der Waals surface area contributed by atoms with E-state index in [4.69, 9.17) is 32.2 Å². The minimum Gasteiger partial charge on any atom is -0.396 e. The van der Waals surface area contributed by atoms with Crippen molar-refractivity contribution in [2.24, 2.45) is 5.73 Å². The third kappa shape index (κ3) is 7.02. The van der Waals surface area contributed by atoms with Crippen molar-refractivity contribution in [3.05, 3.63) is 35.5 Å². The molecule has 186 valence electrons. The predicted molar refractivity (Wildman–Crippen MR) is 137 cm³/mol. The lowest BCUT2D eigenvalue weighted by atomic mass is 9.91. The van der Waals surface area contributed by atoms with E-state index in [0.29, 0.717) is 36.9 Å². The Bertz CT molecular complexity index is 916. The molecule has 34 heavy (non-hydrogen) atoms. The summed E-state index contributed by atoms with van der Waals surface area (Å²) in [5.41, 5.74) is 7.90. The number of halogens is 1. The van der Waals surface area contributed by atoms with Crippen molar-refractivity contribution in [3.63, 3.8) is 0 Å². The summed E-state index contributed by atoms with van der Waals surface area (Å²) in [5.74, 6) is 1.60. The molecule has 6 N–H and O–H groups in total.